The molecule has 0 aliphatic carbocycles. The fourth-order valence-electron chi connectivity index (χ4n) is 2.35. The van der Waals surface area contributed by atoms with Crippen LogP contribution < -0.4 is 5.56 Å². The van der Waals surface area contributed by atoms with Crippen LogP contribution in [0.2, 0.25) is 0 Å². The maximum Gasteiger partial charge on any atom is 0.275 e. The van der Waals surface area contributed by atoms with Gasteiger partial charge in [-0.15, -0.1) is 0 Å². The van der Waals surface area contributed by atoms with Gasteiger partial charge in [0.05, 0.1) is 11.0 Å². The smallest absolute Gasteiger partial charge is 0.275 e. The number of aryl methyl sites for hydroxylation is 1. The quantitative estimate of drug-likeness (QED) is 0.659. The zero-order chi connectivity index (χ0) is 11.8. The number of nitrogens with zero attached hydrogens (tertiary/aromatic N) is 2. The van der Waals surface area contributed by atoms with Gasteiger partial charge in [-0.05, 0) is 30.7 Å². The monoisotopic (exact) mass is 226 g/mol. The lowest BCUT2D eigenvalue weighted by Gasteiger charge is -2.11. The summed E-state index contributed by atoms with van der Waals surface area (Å²) in [6.45, 7) is 2.85. The highest BCUT2D eigenvalue weighted by atomic mass is 16.1. The van der Waals surface area contributed by atoms with E-state index in [0.29, 0.717) is 0 Å². The minimum absolute atomic E-state index is 0.0931. The average Bonchev–Trinajstić information content (AvgIpc) is 2.84. The van der Waals surface area contributed by atoms with Crippen LogP contribution in [0.4, 0.5) is 0 Å². The Morgan fingerprint density at radius 2 is 1.71 bits per heavy atom. The van der Waals surface area contributed by atoms with Gasteiger partial charge in [-0.1, -0.05) is 19.1 Å². The highest BCUT2D eigenvalue weighted by Gasteiger charge is 2.08. The Balaban J connectivity index is 2.57. The van der Waals surface area contributed by atoms with Crippen molar-refractivity contribution in [1.29, 1.82) is 0 Å². The van der Waals surface area contributed by atoms with E-state index in [-0.39, 0.29) is 5.56 Å². The molecule has 1 aromatic carbocycles. The van der Waals surface area contributed by atoms with Crippen LogP contribution in [-0.4, -0.2) is 8.97 Å². The molecule has 0 aliphatic rings. The highest BCUT2D eigenvalue weighted by Crippen LogP contribution is 2.14. The molecule has 0 radical (unpaired) electrons. The Morgan fingerprint density at radius 3 is 2.47 bits per heavy atom. The first-order chi connectivity index (χ1) is 8.33. The first kappa shape index (κ1) is 10.1. The standard InChI is InChI=1S/C14H14N2O/c1-2-9-16-12-7-4-3-6-11(12)15-10-5-8-13(15)14(16)17/h3-8,10H,2,9H2,1H3. The molecule has 2 aromatic heterocycles. The average molecular weight is 226 g/mol. The topological polar surface area (TPSA) is 26.4 Å². The summed E-state index contributed by atoms with van der Waals surface area (Å²) in [6.07, 6.45) is 2.90. The van der Waals surface area contributed by atoms with E-state index in [1.165, 1.54) is 0 Å². The van der Waals surface area contributed by atoms with Crippen LogP contribution in [0, 0.1) is 0 Å². The molecule has 0 N–H and O–H groups in total. The summed E-state index contributed by atoms with van der Waals surface area (Å²) < 4.78 is 3.83. The molecule has 2 heterocycles. The zero-order valence-corrected chi connectivity index (χ0v) is 9.76. The summed E-state index contributed by atoms with van der Waals surface area (Å²) in [5.74, 6) is 0. The van der Waals surface area contributed by atoms with Crippen LogP contribution in [0.15, 0.2) is 47.4 Å². The molecule has 3 heteroatoms. The lowest BCUT2D eigenvalue weighted by Crippen LogP contribution is -2.22. The van der Waals surface area contributed by atoms with Crippen LogP contribution >= 0.6 is 0 Å². The van der Waals surface area contributed by atoms with Crippen molar-refractivity contribution in [1.82, 2.24) is 8.97 Å². The summed E-state index contributed by atoms with van der Waals surface area (Å²) in [6, 6.07) is 11.8. The normalized spacial score (nSPS) is 11.4. The summed E-state index contributed by atoms with van der Waals surface area (Å²) in [4.78, 5) is 12.3. The molecule has 3 nitrogen and oxygen atoms in total. The summed E-state index contributed by atoms with van der Waals surface area (Å²) in [7, 11) is 0. The molecular weight excluding hydrogens is 212 g/mol. The maximum absolute atomic E-state index is 12.3. The number of rotatable bonds is 2. The second-order valence-electron chi connectivity index (χ2n) is 4.21. The summed E-state index contributed by atoms with van der Waals surface area (Å²) in [5, 5.41) is 0. The fourth-order valence-corrected chi connectivity index (χ4v) is 2.35. The lowest BCUT2D eigenvalue weighted by atomic mass is 10.2. The van der Waals surface area contributed by atoms with Crippen molar-refractivity contribution in [3.63, 3.8) is 0 Å². The molecule has 0 amide bonds. The van der Waals surface area contributed by atoms with Gasteiger partial charge in [0.25, 0.3) is 5.56 Å². The van der Waals surface area contributed by atoms with E-state index in [1.807, 2.05) is 51.6 Å². The third-order valence-corrected chi connectivity index (χ3v) is 3.09. The van der Waals surface area contributed by atoms with E-state index in [2.05, 4.69) is 6.92 Å². The van der Waals surface area contributed by atoms with Gasteiger partial charge < -0.3 is 8.97 Å². The van der Waals surface area contributed by atoms with Crippen LogP contribution in [0.25, 0.3) is 16.6 Å². The molecule has 86 valence electrons. The zero-order valence-electron chi connectivity index (χ0n) is 9.76. The van der Waals surface area contributed by atoms with Crippen molar-refractivity contribution in [3.8, 4) is 0 Å². The van der Waals surface area contributed by atoms with E-state index < -0.39 is 0 Å². The minimum Gasteiger partial charge on any atom is -0.310 e. The third-order valence-electron chi connectivity index (χ3n) is 3.09. The largest absolute Gasteiger partial charge is 0.310 e. The Kier molecular flexibility index (Phi) is 2.25. The number of para-hydroxylation sites is 2. The maximum atomic E-state index is 12.3. The van der Waals surface area contributed by atoms with Gasteiger partial charge in [0.1, 0.15) is 5.52 Å². The first-order valence-corrected chi connectivity index (χ1v) is 5.91. The molecular formula is C14H14N2O. The van der Waals surface area contributed by atoms with Gasteiger partial charge in [0.15, 0.2) is 0 Å². The number of hydrogen-bond donors (Lipinski definition) is 0. The molecule has 17 heavy (non-hydrogen) atoms. The van der Waals surface area contributed by atoms with Gasteiger partial charge in [0, 0.05) is 12.7 Å². The number of aromatic nitrogens is 2. The van der Waals surface area contributed by atoms with Gasteiger partial charge in [0.2, 0.25) is 0 Å². The molecule has 0 saturated heterocycles. The van der Waals surface area contributed by atoms with E-state index in [9.17, 15) is 4.79 Å². The minimum atomic E-state index is 0.0931. The van der Waals surface area contributed by atoms with Crippen molar-refractivity contribution in [2.75, 3.05) is 0 Å². The van der Waals surface area contributed by atoms with Crippen molar-refractivity contribution in [3.05, 3.63) is 52.9 Å². The van der Waals surface area contributed by atoms with Crippen molar-refractivity contribution >= 4 is 16.6 Å². The Labute approximate surface area is 98.9 Å². The molecule has 0 fully saturated rings. The van der Waals surface area contributed by atoms with E-state index in [0.717, 1.165) is 29.5 Å². The summed E-state index contributed by atoms with van der Waals surface area (Å²) in [5.41, 5.74) is 2.93. The van der Waals surface area contributed by atoms with E-state index >= 15 is 0 Å². The Bertz CT molecular complexity index is 737. The van der Waals surface area contributed by atoms with Gasteiger partial charge in [-0.25, -0.2) is 0 Å². The second kappa shape index (κ2) is 3.77. The van der Waals surface area contributed by atoms with Crippen molar-refractivity contribution in [2.45, 2.75) is 19.9 Å². The van der Waals surface area contributed by atoms with Crippen molar-refractivity contribution < 1.29 is 0 Å². The van der Waals surface area contributed by atoms with Gasteiger partial charge in [-0.2, -0.15) is 0 Å². The van der Waals surface area contributed by atoms with Crippen LogP contribution in [0.3, 0.4) is 0 Å². The van der Waals surface area contributed by atoms with Crippen molar-refractivity contribution in [2.24, 2.45) is 0 Å². The predicted octanol–water partition coefficient (Wildman–Crippen LogP) is 2.66. The lowest BCUT2D eigenvalue weighted by molar-refractivity contribution is 0.678. The summed E-state index contributed by atoms with van der Waals surface area (Å²) >= 11 is 0. The Morgan fingerprint density at radius 1 is 1.00 bits per heavy atom. The first-order valence-electron chi connectivity index (χ1n) is 5.91. The molecule has 0 atom stereocenters. The Hall–Kier alpha value is -2.03. The van der Waals surface area contributed by atoms with Gasteiger partial charge >= 0.3 is 0 Å². The van der Waals surface area contributed by atoms with Crippen LogP contribution in [0.5, 0.6) is 0 Å². The molecule has 0 aliphatic heterocycles. The SMILES string of the molecule is CCCn1c(=O)c2cccn2c2ccccc21. The molecule has 0 bridgehead atoms. The molecule has 0 saturated carbocycles. The third kappa shape index (κ3) is 1.39. The highest BCUT2D eigenvalue weighted by molar-refractivity contribution is 5.78. The van der Waals surface area contributed by atoms with E-state index in [4.69, 9.17) is 0 Å². The van der Waals surface area contributed by atoms with Gasteiger partial charge in [-0.3, -0.25) is 4.79 Å². The predicted molar refractivity (Wildman–Crippen MR) is 69.5 cm³/mol. The number of fused-ring (bicyclic) bond motifs is 3. The molecule has 3 rings (SSSR count). The van der Waals surface area contributed by atoms with Crippen LogP contribution in [-0.2, 0) is 6.54 Å². The van der Waals surface area contributed by atoms with E-state index in [1.54, 1.807) is 0 Å². The fraction of sp³-hybridized carbons (Fsp3) is 0.214. The molecule has 0 unspecified atom stereocenters. The molecule has 0 spiro atoms. The van der Waals surface area contributed by atoms with Crippen LogP contribution in [0.1, 0.15) is 13.3 Å². The second-order valence-corrected chi connectivity index (χ2v) is 4.21. The number of hydrogen-bond acceptors (Lipinski definition) is 1. The molecule has 3 aromatic rings. The number of benzene rings is 1.